The van der Waals surface area contributed by atoms with Gasteiger partial charge in [0.15, 0.2) is 11.4 Å². The fraction of sp³-hybridized carbons (Fsp3) is 0.929. The van der Waals surface area contributed by atoms with Crippen LogP contribution in [0.5, 0.6) is 0 Å². The van der Waals surface area contributed by atoms with Crippen LogP contribution in [0.2, 0.25) is 0 Å². The Balaban J connectivity index is 2.03. The summed E-state index contributed by atoms with van der Waals surface area (Å²) in [6.45, 7) is 5.69. The molecule has 0 aromatic heterocycles. The minimum absolute atomic E-state index is 0.00632. The predicted molar refractivity (Wildman–Crippen MR) is 64.9 cm³/mol. The number of ketones is 1. The van der Waals surface area contributed by atoms with E-state index in [-0.39, 0.29) is 24.4 Å². The zero-order valence-electron chi connectivity index (χ0n) is 11.3. The Kier molecular flexibility index (Phi) is 2.34. The molecule has 3 aliphatic rings. The smallest absolute Gasteiger partial charge is 0.173 e. The summed E-state index contributed by atoms with van der Waals surface area (Å²) in [6, 6.07) is 0. The number of hydrogen-bond donors (Lipinski definition) is 2. The number of carbonyl (C=O) groups is 1. The third-order valence-electron chi connectivity index (χ3n) is 5.97. The number of carbonyl (C=O) groups excluding carboxylic acids is 1. The van der Waals surface area contributed by atoms with Crippen molar-refractivity contribution in [2.24, 2.45) is 16.7 Å². The van der Waals surface area contributed by atoms with Gasteiger partial charge in [-0.15, -0.1) is 0 Å². The molecule has 18 heavy (non-hydrogen) atoms. The van der Waals surface area contributed by atoms with Crippen molar-refractivity contribution in [3.8, 4) is 0 Å². The standard InChI is InChI=1S/C14H22O4/c1-12-5-4-9(16)13(2,7-15)8(12)6-10-14(3,18-10)11(12)17/h8-10,15-16H,4-7H2,1-3H3/t8-,9+,10+,12+,13+,14+/m1/s1. The number of ether oxygens (including phenoxy) is 1. The number of fused-ring (bicyclic) bond motifs is 2. The molecule has 102 valence electrons. The maximum absolute atomic E-state index is 12.7. The van der Waals surface area contributed by atoms with Crippen LogP contribution in [-0.4, -0.2) is 40.4 Å². The lowest BCUT2D eigenvalue weighted by Gasteiger charge is -2.55. The van der Waals surface area contributed by atoms with Crippen LogP contribution in [0.25, 0.3) is 0 Å². The van der Waals surface area contributed by atoms with Crippen LogP contribution in [0.15, 0.2) is 0 Å². The minimum Gasteiger partial charge on any atom is -0.396 e. The quantitative estimate of drug-likeness (QED) is 0.682. The van der Waals surface area contributed by atoms with Crippen LogP contribution < -0.4 is 0 Å². The molecular weight excluding hydrogens is 232 g/mol. The van der Waals surface area contributed by atoms with E-state index in [4.69, 9.17) is 4.74 Å². The highest BCUT2D eigenvalue weighted by molar-refractivity contribution is 5.96. The molecular formula is C14H22O4. The monoisotopic (exact) mass is 254 g/mol. The van der Waals surface area contributed by atoms with Crippen LogP contribution in [0, 0.1) is 16.7 Å². The molecule has 4 nitrogen and oxygen atoms in total. The molecule has 1 saturated heterocycles. The van der Waals surface area contributed by atoms with Crippen molar-refractivity contribution in [1.29, 1.82) is 0 Å². The first-order valence-corrected chi connectivity index (χ1v) is 6.80. The third kappa shape index (κ3) is 1.24. The van der Waals surface area contributed by atoms with E-state index in [2.05, 4.69) is 0 Å². The number of Topliss-reactive ketones (excluding diaryl/α,β-unsaturated/α-hetero) is 1. The first-order chi connectivity index (χ1) is 8.29. The summed E-state index contributed by atoms with van der Waals surface area (Å²) in [5.41, 5.74) is -1.64. The normalized spacial score (nSPS) is 58.9. The summed E-state index contributed by atoms with van der Waals surface area (Å²) in [5, 5.41) is 19.9. The zero-order chi connectivity index (χ0) is 13.3. The Morgan fingerprint density at radius 2 is 2.06 bits per heavy atom. The van der Waals surface area contributed by atoms with E-state index in [1.54, 1.807) is 0 Å². The Labute approximate surface area is 107 Å². The van der Waals surface area contributed by atoms with E-state index in [0.717, 1.165) is 6.42 Å². The van der Waals surface area contributed by atoms with E-state index < -0.39 is 22.5 Å². The molecule has 0 radical (unpaired) electrons. The molecule has 3 rings (SSSR count). The van der Waals surface area contributed by atoms with Crippen molar-refractivity contribution in [2.45, 2.75) is 57.8 Å². The van der Waals surface area contributed by atoms with Crippen LogP contribution in [0.3, 0.4) is 0 Å². The van der Waals surface area contributed by atoms with Gasteiger partial charge in [-0.3, -0.25) is 4.79 Å². The minimum atomic E-state index is -0.593. The summed E-state index contributed by atoms with van der Waals surface area (Å²) in [7, 11) is 0. The first kappa shape index (κ1) is 12.6. The molecule has 0 spiro atoms. The second-order valence-corrected chi connectivity index (χ2v) is 6.97. The molecule has 1 aliphatic heterocycles. The van der Waals surface area contributed by atoms with Crippen LogP contribution in [-0.2, 0) is 9.53 Å². The number of epoxide rings is 1. The van der Waals surface area contributed by atoms with E-state index in [9.17, 15) is 15.0 Å². The molecule has 2 aliphatic carbocycles. The predicted octanol–water partition coefficient (Wildman–Crippen LogP) is 0.892. The van der Waals surface area contributed by atoms with E-state index in [1.165, 1.54) is 0 Å². The molecule has 3 fully saturated rings. The summed E-state index contributed by atoms with van der Waals surface area (Å²) >= 11 is 0. The lowest BCUT2D eigenvalue weighted by Crippen LogP contribution is -2.60. The first-order valence-electron chi connectivity index (χ1n) is 6.80. The SMILES string of the molecule is C[C@@]1(CO)[C@@H](O)CC[C@]2(C)C(=O)[C@@]3(C)O[C@H]3C[C@@H]12. The molecule has 0 bridgehead atoms. The van der Waals surface area contributed by atoms with Crippen molar-refractivity contribution < 1.29 is 19.7 Å². The van der Waals surface area contributed by atoms with Gasteiger partial charge in [0.05, 0.1) is 18.8 Å². The van der Waals surface area contributed by atoms with E-state index in [0.29, 0.717) is 12.8 Å². The second kappa shape index (κ2) is 3.35. The van der Waals surface area contributed by atoms with Crippen molar-refractivity contribution in [3.05, 3.63) is 0 Å². The molecule has 6 atom stereocenters. The fourth-order valence-corrected chi connectivity index (χ4v) is 4.43. The Morgan fingerprint density at radius 3 is 2.67 bits per heavy atom. The zero-order valence-corrected chi connectivity index (χ0v) is 11.3. The molecule has 1 heterocycles. The van der Waals surface area contributed by atoms with Gasteiger partial charge in [0.25, 0.3) is 0 Å². The largest absolute Gasteiger partial charge is 0.396 e. The fourth-order valence-electron chi connectivity index (χ4n) is 4.43. The molecule has 2 saturated carbocycles. The molecule has 0 aromatic rings. The van der Waals surface area contributed by atoms with E-state index in [1.807, 2.05) is 20.8 Å². The lowest BCUT2D eigenvalue weighted by molar-refractivity contribution is -0.164. The summed E-state index contributed by atoms with van der Waals surface area (Å²) in [6.07, 6.45) is 1.50. The number of hydrogen-bond acceptors (Lipinski definition) is 4. The molecule has 4 heteroatoms. The van der Waals surface area contributed by atoms with Gasteiger partial charge in [-0.25, -0.2) is 0 Å². The average Bonchev–Trinajstić information content (AvgIpc) is 3.01. The van der Waals surface area contributed by atoms with Gasteiger partial charge >= 0.3 is 0 Å². The molecule has 0 aromatic carbocycles. The van der Waals surface area contributed by atoms with Crippen LogP contribution >= 0.6 is 0 Å². The summed E-state index contributed by atoms with van der Waals surface area (Å²) in [4.78, 5) is 12.7. The lowest BCUT2D eigenvalue weighted by atomic mass is 9.48. The van der Waals surface area contributed by atoms with Crippen molar-refractivity contribution in [1.82, 2.24) is 0 Å². The van der Waals surface area contributed by atoms with Crippen molar-refractivity contribution >= 4 is 5.78 Å². The highest BCUT2D eigenvalue weighted by Gasteiger charge is 2.72. The Bertz CT molecular complexity index is 409. The molecule has 2 N–H and O–H groups in total. The van der Waals surface area contributed by atoms with Gasteiger partial charge in [0.2, 0.25) is 0 Å². The number of rotatable bonds is 1. The highest BCUT2D eigenvalue weighted by atomic mass is 16.6. The van der Waals surface area contributed by atoms with Gasteiger partial charge < -0.3 is 14.9 Å². The van der Waals surface area contributed by atoms with Gasteiger partial charge in [-0.1, -0.05) is 13.8 Å². The number of aliphatic hydroxyl groups is 2. The maximum Gasteiger partial charge on any atom is 0.173 e. The van der Waals surface area contributed by atoms with Gasteiger partial charge in [0.1, 0.15) is 0 Å². The third-order valence-corrected chi connectivity index (χ3v) is 5.97. The summed E-state index contributed by atoms with van der Waals surface area (Å²) in [5.74, 6) is 0.176. The van der Waals surface area contributed by atoms with Gasteiger partial charge in [-0.2, -0.15) is 0 Å². The van der Waals surface area contributed by atoms with Gasteiger partial charge in [0, 0.05) is 10.8 Å². The number of aliphatic hydroxyl groups excluding tert-OH is 2. The van der Waals surface area contributed by atoms with Crippen molar-refractivity contribution in [3.63, 3.8) is 0 Å². The van der Waals surface area contributed by atoms with Crippen LogP contribution in [0.4, 0.5) is 0 Å². The maximum atomic E-state index is 12.7. The highest BCUT2D eigenvalue weighted by Crippen LogP contribution is 2.63. The Morgan fingerprint density at radius 1 is 1.39 bits per heavy atom. The molecule has 0 amide bonds. The topological polar surface area (TPSA) is 70.1 Å². The average molecular weight is 254 g/mol. The Hall–Kier alpha value is -0.450. The van der Waals surface area contributed by atoms with E-state index >= 15 is 0 Å². The second-order valence-electron chi connectivity index (χ2n) is 6.97. The van der Waals surface area contributed by atoms with Crippen molar-refractivity contribution in [2.75, 3.05) is 6.61 Å². The van der Waals surface area contributed by atoms with Gasteiger partial charge in [-0.05, 0) is 32.1 Å². The summed E-state index contributed by atoms with van der Waals surface area (Å²) < 4.78 is 5.59. The van der Waals surface area contributed by atoms with Crippen LogP contribution in [0.1, 0.15) is 40.0 Å². The molecule has 0 unspecified atom stereocenters.